The van der Waals surface area contributed by atoms with Crippen molar-refractivity contribution < 1.29 is 18.3 Å². The zero-order valence-corrected chi connectivity index (χ0v) is 10.5. The summed E-state index contributed by atoms with van der Waals surface area (Å²) in [5.41, 5.74) is 0.296. The van der Waals surface area contributed by atoms with Crippen LogP contribution < -0.4 is 4.72 Å². The lowest BCUT2D eigenvalue weighted by atomic mass is 10.3. The van der Waals surface area contributed by atoms with E-state index in [2.05, 4.69) is 4.72 Å². The molecule has 0 bridgehead atoms. The minimum absolute atomic E-state index is 0.0646. The average Bonchev–Trinajstić information content (AvgIpc) is 2.20. The van der Waals surface area contributed by atoms with Gasteiger partial charge in [-0.15, -0.1) is 0 Å². The molecule has 0 atom stereocenters. The number of nitrogens with one attached hydrogen (secondary N) is 1. The van der Waals surface area contributed by atoms with E-state index in [4.69, 9.17) is 16.7 Å². The van der Waals surface area contributed by atoms with E-state index in [1.807, 2.05) is 0 Å². The van der Waals surface area contributed by atoms with Crippen LogP contribution in [-0.2, 0) is 14.8 Å². The quantitative estimate of drug-likeness (QED) is 0.832. The van der Waals surface area contributed by atoms with Gasteiger partial charge in [-0.3, -0.25) is 9.52 Å². The Bertz CT molecular complexity index is 501. The third kappa shape index (κ3) is 5.06. The fourth-order valence-electron chi connectivity index (χ4n) is 1.18. The Balaban J connectivity index is 2.61. The van der Waals surface area contributed by atoms with Gasteiger partial charge in [-0.1, -0.05) is 23.7 Å². The van der Waals surface area contributed by atoms with Crippen LogP contribution in [0.4, 0.5) is 5.69 Å². The number of halogens is 1. The third-order valence-electron chi connectivity index (χ3n) is 1.94. The van der Waals surface area contributed by atoms with Crippen molar-refractivity contribution in [2.24, 2.45) is 0 Å². The van der Waals surface area contributed by atoms with E-state index in [-0.39, 0.29) is 18.6 Å². The molecule has 0 amide bonds. The van der Waals surface area contributed by atoms with Crippen LogP contribution in [0.25, 0.3) is 0 Å². The monoisotopic (exact) mass is 277 g/mol. The predicted octanol–water partition coefficient (Wildman–Crippen LogP) is 1.95. The van der Waals surface area contributed by atoms with Gasteiger partial charge in [0.1, 0.15) is 0 Å². The maximum absolute atomic E-state index is 11.6. The second kappa shape index (κ2) is 5.88. The highest BCUT2D eigenvalue weighted by Gasteiger charge is 2.12. The molecule has 0 aliphatic carbocycles. The van der Waals surface area contributed by atoms with Crippen LogP contribution in [0.5, 0.6) is 0 Å². The van der Waals surface area contributed by atoms with Crippen molar-refractivity contribution >= 4 is 33.3 Å². The SMILES string of the molecule is O=C(O)CCCS(=O)(=O)Nc1ccccc1Cl. The molecule has 0 aliphatic heterocycles. The number of carbonyl (C=O) groups is 1. The number of aliphatic carboxylic acids is 1. The summed E-state index contributed by atoms with van der Waals surface area (Å²) >= 11 is 5.79. The van der Waals surface area contributed by atoms with Gasteiger partial charge in [0.05, 0.1) is 16.5 Å². The number of rotatable bonds is 6. The van der Waals surface area contributed by atoms with E-state index in [0.717, 1.165) is 0 Å². The highest BCUT2D eigenvalue weighted by molar-refractivity contribution is 7.92. The summed E-state index contributed by atoms with van der Waals surface area (Å²) in [6.45, 7) is 0. The van der Waals surface area contributed by atoms with Gasteiger partial charge in [0.2, 0.25) is 10.0 Å². The normalized spacial score (nSPS) is 11.1. The van der Waals surface area contributed by atoms with Crippen molar-refractivity contribution in [2.45, 2.75) is 12.8 Å². The highest BCUT2D eigenvalue weighted by Crippen LogP contribution is 2.21. The maximum atomic E-state index is 11.6. The molecule has 2 N–H and O–H groups in total. The van der Waals surface area contributed by atoms with Crippen LogP contribution in [-0.4, -0.2) is 25.2 Å². The van der Waals surface area contributed by atoms with E-state index < -0.39 is 16.0 Å². The zero-order chi connectivity index (χ0) is 12.9. The number of anilines is 1. The molecule has 0 fully saturated rings. The topological polar surface area (TPSA) is 83.5 Å². The van der Waals surface area contributed by atoms with Crippen LogP contribution in [0.3, 0.4) is 0 Å². The predicted molar refractivity (Wildman–Crippen MR) is 65.7 cm³/mol. The smallest absolute Gasteiger partial charge is 0.303 e. The number of benzene rings is 1. The van der Waals surface area contributed by atoms with Crippen LogP contribution in [0.1, 0.15) is 12.8 Å². The summed E-state index contributed by atoms with van der Waals surface area (Å²) in [4.78, 5) is 10.3. The molecule has 0 spiro atoms. The maximum Gasteiger partial charge on any atom is 0.303 e. The Hall–Kier alpha value is -1.27. The number of hydrogen-bond donors (Lipinski definition) is 2. The molecule has 17 heavy (non-hydrogen) atoms. The van der Waals surface area contributed by atoms with Gasteiger partial charge in [-0.05, 0) is 18.6 Å². The Morgan fingerprint density at radius 2 is 2.00 bits per heavy atom. The van der Waals surface area contributed by atoms with Crippen LogP contribution in [0, 0.1) is 0 Å². The number of carboxylic acid groups (broad SMARTS) is 1. The summed E-state index contributed by atoms with van der Waals surface area (Å²) in [5, 5.41) is 8.71. The van der Waals surface area contributed by atoms with Crippen molar-refractivity contribution in [2.75, 3.05) is 10.5 Å². The summed E-state index contributed by atoms with van der Waals surface area (Å²) in [6, 6.07) is 6.44. The summed E-state index contributed by atoms with van der Waals surface area (Å²) < 4.78 is 25.4. The van der Waals surface area contributed by atoms with Gasteiger partial charge < -0.3 is 5.11 Å². The first-order valence-corrected chi connectivity index (χ1v) is 6.90. The first kappa shape index (κ1) is 13.8. The van der Waals surface area contributed by atoms with Crippen molar-refractivity contribution in [3.63, 3.8) is 0 Å². The molecule has 0 heterocycles. The van der Waals surface area contributed by atoms with E-state index in [1.54, 1.807) is 18.2 Å². The molecule has 1 aromatic rings. The summed E-state index contributed by atoms with van der Waals surface area (Å²) in [7, 11) is -3.55. The second-order valence-electron chi connectivity index (χ2n) is 3.40. The standard InChI is InChI=1S/C10H12ClNO4S/c11-8-4-1-2-5-9(8)12-17(15,16)7-3-6-10(13)14/h1-2,4-5,12H,3,6-7H2,(H,13,14). The fourth-order valence-corrected chi connectivity index (χ4v) is 2.55. The van der Waals surface area contributed by atoms with Crippen LogP contribution >= 0.6 is 11.6 Å². The minimum Gasteiger partial charge on any atom is -0.481 e. The zero-order valence-electron chi connectivity index (χ0n) is 8.89. The van der Waals surface area contributed by atoms with E-state index in [9.17, 15) is 13.2 Å². The van der Waals surface area contributed by atoms with Gasteiger partial charge in [0.25, 0.3) is 0 Å². The van der Waals surface area contributed by atoms with Gasteiger partial charge >= 0.3 is 5.97 Å². The molecule has 1 rings (SSSR count). The summed E-state index contributed by atoms with van der Waals surface area (Å²) in [6.07, 6.45) is -0.113. The second-order valence-corrected chi connectivity index (χ2v) is 5.65. The molecule has 0 saturated carbocycles. The molecule has 94 valence electrons. The molecular formula is C10H12ClNO4S. The molecule has 0 aromatic heterocycles. The van der Waals surface area contributed by atoms with E-state index >= 15 is 0 Å². The Morgan fingerprint density at radius 3 is 2.59 bits per heavy atom. The number of carboxylic acids is 1. The van der Waals surface area contributed by atoms with Crippen molar-refractivity contribution in [1.29, 1.82) is 0 Å². The molecule has 0 radical (unpaired) electrons. The molecular weight excluding hydrogens is 266 g/mol. The van der Waals surface area contributed by atoms with Gasteiger partial charge in [-0.2, -0.15) is 0 Å². The lowest BCUT2D eigenvalue weighted by molar-refractivity contribution is -0.137. The number of para-hydroxylation sites is 1. The highest BCUT2D eigenvalue weighted by atomic mass is 35.5. The van der Waals surface area contributed by atoms with Gasteiger partial charge in [0, 0.05) is 6.42 Å². The minimum atomic E-state index is -3.55. The van der Waals surface area contributed by atoms with Gasteiger partial charge in [0.15, 0.2) is 0 Å². The van der Waals surface area contributed by atoms with Crippen LogP contribution in [0.15, 0.2) is 24.3 Å². The first-order chi connectivity index (χ1) is 7.91. The largest absolute Gasteiger partial charge is 0.481 e. The van der Waals surface area contributed by atoms with Crippen molar-refractivity contribution in [3.05, 3.63) is 29.3 Å². The van der Waals surface area contributed by atoms with Gasteiger partial charge in [-0.25, -0.2) is 8.42 Å². The third-order valence-corrected chi connectivity index (χ3v) is 3.63. The first-order valence-electron chi connectivity index (χ1n) is 4.87. The lowest BCUT2D eigenvalue weighted by Gasteiger charge is -2.08. The Kier molecular flexibility index (Phi) is 4.77. The van der Waals surface area contributed by atoms with E-state index in [0.29, 0.717) is 10.7 Å². The van der Waals surface area contributed by atoms with E-state index in [1.165, 1.54) is 6.07 Å². The van der Waals surface area contributed by atoms with Crippen LogP contribution in [0.2, 0.25) is 5.02 Å². The molecule has 7 heteroatoms. The Morgan fingerprint density at radius 1 is 1.35 bits per heavy atom. The van der Waals surface area contributed by atoms with Crippen molar-refractivity contribution in [3.8, 4) is 0 Å². The lowest BCUT2D eigenvalue weighted by Crippen LogP contribution is -2.17. The Labute approximate surface area is 104 Å². The fraction of sp³-hybridized carbons (Fsp3) is 0.300. The number of hydrogen-bond acceptors (Lipinski definition) is 3. The molecule has 5 nitrogen and oxygen atoms in total. The molecule has 0 aliphatic rings. The van der Waals surface area contributed by atoms with Crippen molar-refractivity contribution in [1.82, 2.24) is 0 Å². The molecule has 0 unspecified atom stereocenters. The number of sulfonamides is 1. The molecule has 1 aromatic carbocycles. The average molecular weight is 278 g/mol. The molecule has 0 saturated heterocycles. The summed E-state index contributed by atoms with van der Waals surface area (Å²) in [5.74, 6) is -1.26.